The van der Waals surface area contributed by atoms with Crippen molar-refractivity contribution in [2.24, 2.45) is 5.73 Å². The molecule has 130 heavy (non-hydrogen) atoms. The van der Waals surface area contributed by atoms with Crippen molar-refractivity contribution >= 4 is 223 Å². The van der Waals surface area contributed by atoms with Crippen molar-refractivity contribution in [1.29, 1.82) is 0 Å². The average molecular weight is 2210 g/mol. The quantitative estimate of drug-likeness (QED) is 0.0376. The zero-order valence-corrected chi connectivity index (χ0v) is 85.9. The average Bonchev–Trinajstić information content (AvgIpc) is 1.62. The lowest BCUT2D eigenvalue weighted by atomic mass is 9.80. The van der Waals surface area contributed by atoms with Gasteiger partial charge in [-0.15, -0.1) is 0 Å². The van der Waals surface area contributed by atoms with E-state index >= 15 is 0 Å². The Hall–Kier alpha value is -9.33. The molecule has 15 aromatic heterocycles. The maximum atomic E-state index is 12.4. The molecule has 0 aliphatic carbocycles. The second-order valence-electron chi connectivity index (χ2n) is 32.1. The smallest absolute Gasteiger partial charge is 0.444 e. The molecule has 3 saturated heterocycles. The van der Waals surface area contributed by atoms with Crippen LogP contribution in [0.2, 0.25) is 25.8 Å². The summed E-state index contributed by atoms with van der Waals surface area (Å²) in [5.74, 6) is 2.30. The van der Waals surface area contributed by atoms with E-state index in [1.54, 1.807) is 22.5 Å². The van der Waals surface area contributed by atoms with Gasteiger partial charge in [0.25, 0.3) is 0 Å². The van der Waals surface area contributed by atoms with Crippen LogP contribution in [0.3, 0.4) is 0 Å². The number of imidazole rings is 6. The number of alkyl halides is 1. The number of aromatic amines is 1. The monoisotopic (exact) mass is 2210 g/mol. The molecule has 3 aliphatic heterocycles. The fraction of sp³-hybridized carbons (Fsp3) is 0.440. The summed E-state index contributed by atoms with van der Waals surface area (Å²) in [7, 11) is -0.307. The number of pyridine rings is 3. The Kier molecular flexibility index (Phi) is 36.7. The number of hydrogen-bond acceptors (Lipinski definition) is 29. The molecule has 46 heteroatoms. The van der Waals surface area contributed by atoms with Crippen LogP contribution < -0.4 is 16.5 Å². The molecule has 4 N–H and O–H groups in total. The Morgan fingerprint density at radius 2 is 0.908 bits per heavy atom. The van der Waals surface area contributed by atoms with Crippen LogP contribution in [0.1, 0.15) is 141 Å². The van der Waals surface area contributed by atoms with Crippen LogP contribution in [0.4, 0.5) is 15.4 Å². The number of fused-ring (bicyclic) bond motifs is 6. The van der Waals surface area contributed by atoms with Gasteiger partial charge in [-0.05, 0) is 172 Å². The van der Waals surface area contributed by atoms with Crippen molar-refractivity contribution in [2.45, 2.75) is 212 Å². The summed E-state index contributed by atoms with van der Waals surface area (Å²) >= 11 is 35.9. The van der Waals surface area contributed by atoms with Gasteiger partial charge in [-0.3, -0.25) is 15.0 Å². The number of hydrogen-bond donors (Lipinski definition) is 3. The molecule has 0 radical (unpaired) electrons. The number of nitrogens with two attached hydrogens (primary N) is 1. The summed E-state index contributed by atoms with van der Waals surface area (Å²) < 4.78 is 35.5. The van der Waals surface area contributed by atoms with Crippen molar-refractivity contribution in [3.8, 4) is 22.8 Å². The van der Waals surface area contributed by atoms with Crippen LogP contribution in [0.5, 0.6) is 0 Å². The summed E-state index contributed by atoms with van der Waals surface area (Å²) in [5, 5.41) is 5.48. The first-order valence-corrected chi connectivity index (χ1v) is 47.2. The predicted molar refractivity (Wildman–Crippen MR) is 533 cm³/mol. The van der Waals surface area contributed by atoms with Crippen LogP contribution in [0.15, 0.2) is 106 Å². The van der Waals surface area contributed by atoms with Crippen molar-refractivity contribution in [3.63, 3.8) is 0 Å². The fourth-order valence-corrected chi connectivity index (χ4v) is 15.3. The summed E-state index contributed by atoms with van der Waals surface area (Å²) in [5.41, 5.74) is 18.5. The van der Waals surface area contributed by atoms with Crippen molar-refractivity contribution < 1.29 is 28.4 Å². The van der Waals surface area contributed by atoms with E-state index in [4.69, 9.17) is 87.5 Å². The molecule has 0 spiro atoms. The number of nitrogens with one attached hydrogen (secondary N) is 2. The molecule has 15 aromatic rings. The molecule has 37 nitrogen and oxygen atoms in total. The molecule has 0 saturated carbocycles. The normalized spacial score (nSPS) is 14.8. The highest BCUT2D eigenvalue weighted by Gasteiger charge is 2.52. The van der Waals surface area contributed by atoms with Crippen molar-refractivity contribution in [2.75, 3.05) is 35.9 Å². The standard InChI is InChI=1S/C22H29N7O2.C13H12ClN5.C12H18BNO2.C9H18N2O2.2C7H6ClIN4.C7H7ClN4.C5H3ClN4.C2H5I/c1-6-29-19(15-8-7-14(2)23-11-15)27-17-18(24-13-25-20(17)29)26-16-9-10-28(12-16)21(30)31-22(3,4)5;1-3-19-12(9-5-4-8(2)15-6-9)18-10-11(14)16-7-17-13(10)19;1-9-6-7-10(8-14-9)13-15-11(2,3)12(4,5)16-13;1-9(2,3)13-8(12)11-5-4-7(10)6-11;2*1-2-13-6-4(12-7(13)9)5(8)10-3-11-6;1-2-12-4-11-5-6(8)9-3-10-7(5)12;6-4-3-5(9-1-7-3)10-2-8-4;1-2-3/h7-8,11,13,16H,6,9-10,12H2,1-5H3,(H,24,25,26);4-7H,3H2,1-2H3;6-8H,1-5H3;7H,4-6,10H2,1-3H3;2*3H,2H2,1H3;3-4H,2H2,1H3;1-2H,(H,7,8,9,10);2H2,1H3/t16-;;;7-;;;;;/m1..0...../s1. The van der Waals surface area contributed by atoms with Crippen LogP contribution in [-0.2, 0) is 51.5 Å². The van der Waals surface area contributed by atoms with Crippen LogP contribution in [0.25, 0.3) is 89.8 Å². The number of H-pyrrole nitrogens is 1. The van der Waals surface area contributed by atoms with E-state index in [1.165, 1.54) is 42.4 Å². The second-order valence-corrected chi connectivity index (χ2v) is 37.4. The first-order valence-electron chi connectivity index (χ1n) is 41.7. The number of aryl methyl sites for hydroxylation is 8. The van der Waals surface area contributed by atoms with Gasteiger partial charge in [-0.25, -0.2) is 99.3 Å². The summed E-state index contributed by atoms with van der Waals surface area (Å²) in [4.78, 5) is 118. The van der Waals surface area contributed by atoms with Gasteiger partial charge in [0.15, 0.2) is 78.6 Å². The van der Waals surface area contributed by atoms with Gasteiger partial charge in [-0.2, -0.15) is 0 Å². The third-order valence-corrected chi connectivity index (χ3v) is 22.9. The molecule has 18 heterocycles. The zero-order chi connectivity index (χ0) is 94.7. The van der Waals surface area contributed by atoms with Gasteiger partial charge in [0.1, 0.15) is 88.4 Å². The van der Waals surface area contributed by atoms with Gasteiger partial charge < -0.3 is 67.5 Å². The minimum absolute atomic E-state index is 0.0712. The Labute approximate surface area is 819 Å². The SMILES string of the molecule is CC(C)(C)OC(=O)N1CC[C@H](N)C1.CCI.CCn1c(-c2ccc(C)nc2)nc2c(Cl)ncnc21.CCn1c(-c2ccc(C)nc2)nc2c(N[C@@H]3CCN(C(=O)OC(C)(C)C)C3)ncnc21.CCn1c(I)nc2c(Cl)ncnc21.CCn1c(I)nc2c(Cl)ncnc21.CCn1cnc2c(Cl)ncnc21.Cc1ccc(B2OC(C)(C)C(C)(C)O2)cn1.Clc1ncnc2nc[nH]c12. The molecule has 2 amide bonds. The lowest BCUT2D eigenvalue weighted by Crippen LogP contribution is -2.41. The summed E-state index contributed by atoms with van der Waals surface area (Å²) in [6.07, 6.45) is 18.6. The van der Waals surface area contributed by atoms with E-state index < -0.39 is 11.2 Å². The maximum Gasteiger partial charge on any atom is 0.496 e. The van der Waals surface area contributed by atoms with Crippen LogP contribution >= 0.6 is 126 Å². The van der Waals surface area contributed by atoms with E-state index in [-0.39, 0.29) is 42.6 Å². The number of carbonyl (C=O) groups is 2. The first-order chi connectivity index (χ1) is 61.7. The van der Waals surface area contributed by atoms with E-state index in [0.29, 0.717) is 84.4 Å². The van der Waals surface area contributed by atoms with Gasteiger partial charge >= 0.3 is 19.3 Å². The number of amides is 2. The molecular weight excluding hydrogens is 2110 g/mol. The van der Waals surface area contributed by atoms with Crippen molar-refractivity contribution in [3.05, 3.63) is 156 Å². The number of ether oxygens (including phenoxy) is 2. The molecule has 0 unspecified atom stereocenters. The zero-order valence-electron chi connectivity index (χ0n) is 75.6. The van der Waals surface area contributed by atoms with Crippen LogP contribution in [0, 0.1) is 28.4 Å². The van der Waals surface area contributed by atoms with E-state index in [2.05, 4.69) is 224 Å². The molecule has 2 atom stereocenters. The summed E-state index contributed by atoms with van der Waals surface area (Å²) in [6, 6.07) is 12.1. The Balaban J connectivity index is 0.000000158. The minimum Gasteiger partial charge on any atom is -0.444 e. The number of aromatic nitrogens is 27. The summed E-state index contributed by atoms with van der Waals surface area (Å²) in [6.45, 7) is 44.2. The maximum absolute atomic E-state index is 12.4. The third kappa shape index (κ3) is 26.6. The van der Waals surface area contributed by atoms with E-state index in [1.807, 2.05) is 163 Å². The molecule has 18 rings (SSSR count). The number of nitrogens with zero attached hydrogens (tertiary/aromatic N) is 28. The number of halogens is 8. The lowest BCUT2D eigenvalue weighted by molar-refractivity contribution is 0.00578. The molecule has 0 bridgehead atoms. The number of anilines is 1. The molecule has 3 fully saturated rings. The largest absolute Gasteiger partial charge is 0.496 e. The highest BCUT2D eigenvalue weighted by atomic mass is 127. The van der Waals surface area contributed by atoms with Gasteiger partial charge in [0.2, 0.25) is 0 Å². The third-order valence-electron chi connectivity index (χ3n) is 19.9. The second kappa shape index (κ2) is 46.4. The van der Waals surface area contributed by atoms with Crippen LogP contribution in [-0.4, -0.2) is 227 Å². The Morgan fingerprint density at radius 3 is 1.34 bits per heavy atom. The predicted octanol–water partition coefficient (Wildman–Crippen LogP) is 17.3. The number of carbonyl (C=O) groups excluding carboxylic acids is 2. The number of rotatable bonds is 10. The Morgan fingerprint density at radius 1 is 0.500 bits per heavy atom. The fourth-order valence-electron chi connectivity index (χ4n) is 12.8. The Bertz CT molecular complexity index is 6190. The molecule has 0 aromatic carbocycles. The topological polar surface area (TPSA) is 427 Å². The van der Waals surface area contributed by atoms with Crippen molar-refractivity contribution in [1.82, 2.24) is 142 Å². The van der Waals surface area contributed by atoms with E-state index in [9.17, 15) is 9.59 Å². The molecule has 3 aliphatic rings. The highest BCUT2D eigenvalue weighted by molar-refractivity contribution is 14.1. The number of likely N-dealkylation sites (tertiary alicyclic amines) is 2. The van der Waals surface area contributed by atoms with Gasteiger partial charge in [0.05, 0.1) is 23.9 Å². The minimum atomic E-state index is -0.504. The molecular formula is C84H104BCl5I3N31O6. The highest BCUT2D eigenvalue weighted by Crippen LogP contribution is 2.37. The van der Waals surface area contributed by atoms with E-state index in [0.717, 1.165) is 139 Å². The lowest BCUT2D eigenvalue weighted by Gasteiger charge is -2.32. The van der Waals surface area contributed by atoms with Gasteiger partial charge in [0, 0.05) is 168 Å². The van der Waals surface area contributed by atoms with Gasteiger partial charge in [-0.1, -0.05) is 93.6 Å². The first kappa shape index (κ1) is 103. The molecule has 690 valence electrons.